The number of nitrogens with zero attached hydrogens (tertiary/aromatic N) is 1. The summed E-state index contributed by atoms with van der Waals surface area (Å²) in [6.45, 7) is 4.10. The van der Waals surface area contributed by atoms with E-state index in [9.17, 15) is 9.59 Å². The molecule has 1 aliphatic heterocycles. The Morgan fingerprint density at radius 1 is 1.12 bits per heavy atom. The molecule has 3 atom stereocenters. The highest BCUT2D eigenvalue weighted by atomic mass is 16.2. The van der Waals surface area contributed by atoms with Crippen LogP contribution in [0.25, 0.3) is 0 Å². The van der Waals surface area contributed by atoms with Gasteiger partial charge in [0.2, 0.25) is 0 Å². The quantitative estimate of drug-likeness (QED) is 0.537. The standard InChI is InChI=1S/C14H17NO2/c1-8-9(2)14(17)15(13(8)16)7-12-6-10-3-4-11(12)5-10/h3-4,10-12H,5-7H2,1-2H3. The van der Waals surface area contributed by atoms with E-state index in [0.717, 1.165) is 6.42 Å². The fourth-order valence-corrected chi connectivity index (χ4v) is 3.32. The van der Waals surface area contributed by atoms with Crippen LogP contribution in [0.15, 0.2) is 23.3 Å². The van der Waals surface area contributed by atoms with Gasteiger partial charge in [-0.25, -0.2) is 0 Å². The highest BCUT2D eigenvalue weighted by molar-refractivity contribution is 6.18. The number of carbonyl (C=O) groups is 2. The maximum atomic E-state index is 11.9. The van der Waals surface area contributed by atoms with Crippen molar-refractivity contribution in [2.75, 3.05) is 6.54 Å². The number of hydrogen-bond acceptors (Lipinski definition) is 2. The Kier molecular flexibility index (Phi) is 2.25. The second-order valence-corrected chi connectivity index (χ2v) is 5.51. The molecule has 0 radical (unpaired) electrons. The topological polar surface area (TPSA) is 37.4 Å². The summed E-state index contributed by atoms with van der Waals surface area (Å²) in [4.78, 5) is 25.3. The number of hydrogen-bond donors (Lipinski definition) is 0. The Balaban J connectivity index is 1.74. The molecule has 3 rings (SSSR count). The van der Waals surface area contributed by atoms with Crippen molar-refractivity contribution in [2.45, 2.75) is 26.7 Å². The molecule has 3 unspecified atom stereocenters. The average Bonchev–Trinajstić information content (AvgIpc) is 2.97. The lowest BCUT2D eigenvalue weighted by Gasteiger charge is -2.24. The van der Waals surface area contributed by atoms with Gasteiger partial charge in [0.25, 0.3) is 11.8 Å². The van der Waals surface area contributed by atoms with Crippen molar-refractivity contribution in [1.82, 2.24) is 4.90 Å². The molecule has 0 aromatic carbocycles. The van der Waals surface area contributed by atoms with Crippen LogP contribution in [0.3, 0.4) is 0 Å². The predicted molar refractivity (Wildman–Crippen MR) is 63.9 cm³/mol. The summed E-state index contributed by atoms with van der Waals surface area (Å²) < 4.78 is 0. The van der Waals surface area contributed by atoms with E-state index in [0.29, 0.717) is 35.4 Å². The van der Waals surface area contributed by atoms with E-state index in [4.69, 9.17) is 0 Å². The summed E-state index contributed by atoms with van der Waals surface area (Å²) in [6, 6.07) is 0. The van der Waals surface area contributed by atoms with Gasteiger partial charge in [0.05, 0.1) is 0 Å². The van der Waals surface area contributed by atoms with Crippen LogP contribution in [0.1, 0.15) is 26.7 Å². The Morgan fingerprint density at radius 2 is 1.76 bits per heavy atom. The summed E-state index contributed by atoms with van der Waals surface area (Å²) in [5, 5.41) is 0. The number of fused-ring (bicyclic) bond motifs is 2. The van der Waals surface area contributed by atoms with Crippen LogP contribution in [0.2, 0.25) is 0 Å². The van der Waals surface area contributed by atoms with E-state index >= 15 is 0 Å². The number of rotatable bonds is 2. The zero-order chi connectivity index (χ0) is 12.2. The van der Waals surface area contributed by atoms with Crippen LogP contribution in [-0.4, -0.2) is 23.3 Å². The molecule has 3 heteroatoms. The monoisotopic (exact) mass is 231 g/mol. The SMILES string of the molecule is CC1=C(C)C(=O)N(CC2CC3C=CC2C3)C1=O. The minimum atomic E-state index is -0.0840. The zero-order valence-corrected chi connectivity index (χ0v) is 10.3. The van der Waals surface area contributed by atoms with E-state index in [-0.39, 0.29) is 11.8 Å². The van der Waals surface area contributed by atoms with Crippen molar-refractivity contribution in [2.24, 2.45) is 17.8 Å². The van der Waals surface area contributed by atoms with Crippen LogP contribution < -0.4 is 0 Å². The first-order valence-corrected chi connectivity index (χ1v) is 6.30. The summed E-state index contributed by atoms with van der Waals surface area (Å²) in [6.07, 6.45) is 6.89. The molecule has 0 spiro atoms. The number of imide groups is 1. The maximum Gasteiger partial charge on any atom is 0.256 e. The van der Waals surface area contributed by atoms with Gasteiger partial charge >= 0.3 is 0 Å². The van der Waals surface area contributed by atoms with Crippen LogP contribution in [-0.2, 0) is 9.59 Å². The Labute approximate surface area is 101 Å². The van der Waals surface area contributed by atoms with E-state index in [1.807, 2.05) is 0 Å². The molecule has 0 aromatic rings. The van der Waals surface area contributed by atoms with Crippen molar-refractivity contribution in [3.63, 3.8) is 0 Å². The van der Waals surface area contributed by atoms with Gasteiger partial charge in [0, 0.05) is 17.7 Å². The summed E-state index contributed by atoms with van der Waals surface area (Å²) in [5.41, 5.74) is 1.24. The highest BCUT2D eigenvalue weighted by Gasteiger charge is 2.41. The lowest BCUT2D eigenvalue weighted by atomic mass is 9.93. The summed E-state index contributed by atoms with van der Waals surface area (Å²) >= 11 is 0. The van der Waals surface area contributed by atoms with Gasteiger partial charge < -0.3 is 0 Å². The fraction of sp³-hybridized carbons (Fsp3) is 0.571. The molecule has 0 N–H and O–H groups in total. The molecule has 1 saturated carbocycles. The van der Waals surface area contributed by atoms with Crippen molar-refractivity contribution in [3.05, 3.63) is 23.3 Å². The molecule has 2 bridgehead atoms. The molecule has 1 heterocycles. The molecule has 3 aliphatic rings. The molecule has 17 heavy (non-hydrogen) atoms. The van der Waals surface area contributed by atoms with Gasteiger partial charge in [-0.2, -0.15) is 0 Å². The molecule has 1 fully saturated rings. The summed E-state index contributed by atoms with van der Waals surface area (Å²) in [7, 11) is 0. The molecule has 0 aromatic heterocycles. The van der Waals surface area contributed by atoms with Gasteiger partial charge in [0.15, 0.2) is 0 Å². The average molecular weight is 231 g/mol. The first kappa shape index (κ1) is 10.8. The van der Waals surface area contributed by atoms with Crippen LogP contribution in [0, 0.1) is 17.8 Å². The van der Waals surface area contributed by atoms with E-state index in [1.54, 1.807) is 13.8 Å². The molecular formula is C14H17NO2. The Morgan fingerprint density at radius 3 is 2.24 bits per heavy atom. The van der Waals surface area contributed by atoms with E-state index in [1.165, 1.54) is 11.3 Å². The van der Waals surface area contributed by atoms with Crippen LogP contribution in [0.4, 0.5) is 0 Å². The zero-order valence-electron chi connectivity index (χ0n) is 10.3. The number of allylic oxidation sites excluding steroid dienone is 2. The maximum absolute atomic E-state index is 11.9. The third-order valence-electron chi connectivity index (χ3n) is 4.53. The number of amides is 2. The smallest absolute Gasteiger partial charge is 0.256 e. The van der Waals surface area contributed by atoms with Gasteiger partial charge in [-0.15, -0.1) is 0 Å². The van der Waals surface area contributed by atoms with Gasteiger partial charge in [-0.05, 0) is 44.4 Å². The molecule has 3 nitrogen and oxygen atoms in total. The first-order valence-electron chi connectivity index (χ1n) is 6.30. The van der Waals surface area contributed by atoms with Crippen molar-refractivity contribution in [1.29, 1.82) is 0 Å². The van der Waals surface area contributed by atoms with Crippen molar-refractivity contribution < 1.29 is 9.59 Å². The lowest BCUT2D eigenvalue weighted by molar-refractivity contribution is -0.138. The van der Waals surface area contributed by atoms with Crippen LogP contribution >= 0.6 is 0 Å². The van der Waals surface area contributed by atoms with Gasteiger partial charge in [-0.1, -0.05) is 12.2 Å². The fourth-order valence-electron chi connectivity index (χ4n) is 3.32. The summed E-state index contributed by atoms with van der Waals surface area (Å²) in [5.74, 6) is 1.59. The lowest BCUT2D eigenvalue weighted by Crippen LogP contribution is -2.37. The van der Waals surface area contributed by atoms with Gasteiger partial charge in [-0.3, -0.25) is 14.5 Å². The molecule has 0 saturated heterocycles. The first-order chi connectivity index (χ1) is 8.08. The highest BCUT2D eigenvalue weighted by Crippen LogP contribution is 2.44. The van der Waals surface area contributed by atoms with Gasteiger partial charge in [0.1, 0.15) is 0 Å². The second-order valence-electron chi connectivity index (χ2n) is 5.51. The van der Waals surface area contributed by atoms with Crippen molar-refractivity contribution in [3.8, 4) is 0 Å². The Hall–Kier alpha value is -1.38. The Bertz CT molecular complexity index is 437. The molecule has 90 valence electrons. The third kappa shape index (κ3) is 1.48. The largest absolute Gasteiger partial charge is 0.275 e. The third-order valence-corrected chi connectivity index (χ3v) is 4.53. The second kappa shape index (κ2) is 3.56. The molecule has 2 amide bonds. The minimum absolute atomic E-state index is 0.0840. The minimum Gasteiger partial charge on any atom is -0.275 e. The van der Waals surface area contributed by atoms with E-state index < -0.39 is 0 Å². The van der Waals surface area contributed by atoms with Crippen molar-refractivity contribution >= 4 is 11.8 Å². The molecule has 2 aliphatic carbocycles. The molecular weight excluding hydrogens is 214 g/mol. The van der Waals surface area contributed by atoms with E-state index in [2.05, 4.69) is 12.2 Å². The normalized spacial score (nSPS) is 35.6. The van der Waals surface area contributed by atoms with Crippen LogP contribution in [0.5, 0.6) is 0 Å². The number of carbonyl (C=O) groups excluding carboxylic acids is 2. The predicted octanol–water partition coefficient (Wildman–Crippen LogP) is 1.90.